The molecular weight excluding hydrogens is 480 g/mol. The molecule has 0 atom stereocenters. The minimum atomic E-state index is -0.301. The molecule has 0 bridgehead atoms. The van der Waals surface area contributed by atoms with Gasteiger partial charge < -0.3 is 9.47 Å². The highest BCUT2D eigenvalue weighted by Gasteiger charge is 2.11. The fourth-order valence-corrected chi connectivity index (χ4v) is 3.38. The summed E-state index contributed by atoms with van der Waals surface area (Å²) in [5.74, 6) is 1.04. The monoisotopic (exact) mass is 508 g/mol. The molecule has 0 radical (unpaired) electrons. The van der Waals surface area contributed by atoms with E-state index in [0.717, 1.165) is 34.2 Å². The second-order valence-corrected chi connectivity index (χ2v) is 8.50. The van der Waals surface area contributed by atoms with Crippen molar-refractivity contribution in [2.75, 3.05) is 6.61 Å². The zero-order valence-electron chi connectivity index (χ0n) is 18.8. The summed E-state index contributed by atoms with van der Waals surface area (Å²) in [6.07, 6.45) is 6.08. The number of nitrogens with zero attached hydrogens (tertiary/aromatic N) is 1. The molecule has 0 aliphatic heterocycles. The minimum absolute atomic E-state index is 0.301. The lowest BCUT2D eigenvalue weighted by Gasteiger charge is -2.10. The molecule has 1 N–H and O–H groups in total. The third-order valence-corrected chi connectivity index (χ3v) is 5.49. The first-order chi connectivity index (χ1) is 16.2. The van der Waals surface area contributed by atoms with Crippen molar-refractivity contribution < 1.29 is 14.3 Å². The number of ether oxygens (including phenoxy) is 2. The van der Waals surface area contributed by atoms with Crippen LogP contribution in [0, 0.1) is 0 Å². The number of nitrogens with one attached hydrogen (secondary N) is 1. The lowest BCUT2D eigenvalue weighted by molar-refractivity contribution is 0.0951. The van der Waals surface area contributed by atoms with Crippen LogP contribution in [0.1, 0.15) is 54.1 Å². The average Bonchev–Trinajstić information content (AvgIpc) is 2.84. The summed E-state index contributed by atoms with van der Waals surface area (Å²) in [4.78, 5) is 12.6. The Hall–Kier alpha value is -3.12. The number of para-hydroxylation sites is 1. The second kappa shape index (κ2) is 13.4. The number of hydrogen-bond acceptors (Lipinski definition) is 4. The van der Waals surface area contributed by atoms with Crippen molar-refractivity contribution in [3.63, 3.8) is 0 Å². The van der Waals surface area contributed by atoms with Crippen molar-refractivity contribution in [3.8, 4) is 11.5 Å². The molecule has 33 heavy (non-hydrogen) atoms. The van der Waals surface area contributed by atoms with Gasteiger partial charge in [0.25, 0.3) is 5.91 Å². The maximum atomic E-state index is 12.6. The molecule has 0 aliphatic carbocycles. The first-order valence-electron chi connectivity index (χ1n) is 11.2. The van der Waals surface area contributed by atoms with E-state index < -0.39 is 0 Å². The quantitative estimate of drug-likeness (QED) is 0.167. The Morgan fingerprint density at radius 1 is 0.939 bits per heavy atom. The van der Waals surface area contributed by atoms with Gasteiger partial charge in [-0.05, 0) is 66.1 Å². The van der Waals surface area contributed by atoms with Crippen LogP contribution in [0.3, 0.4) is 0 Å². The molecule has 0 saturated carbocycles. The summed E-state index contributed by atoms with van der Waals surface area (Å²) in [5.41, 5.74) is 5.00. The second-order valence-electron chi connectivity index (χ2n) is 7.59. The van der Waals surface area contributed by atoms with Gasteiger partial charge >= 0.3 is 0 Å². The fourth-order valence-electron chi connectivity index (χ4n) is 3.11. The molecule has 0 spiro atoms. The third kappa shape index (κ3) is 8.39. The van der Waals surface area contributed by atoms with Crippen LogP contribution in [0.5, 0.6) is 11.5 Å². The van der Waals surface area contributed by atoms with E-state index in [9.17, 15) is 4.79 Å². The molecule has 0 heterocycles. The van der Waals surface area contributed by atoms with Gasteiger partial charge in [0.1, 0.15) is 18.1 Å². The molecule has 1 amide bonds. The zero-order valence-corrected chi connectivity index (χ0v) is 20.4. The Bertz CT molecular complexity index is 1030. The van der Waals surface area contributed by atoms with E-state index in [1.165, 1.54) is 12.8 Å². The summed E-state index contributed by atoms with van der Waals surface area (Å²) < 4.78 is 12.7. The topological polar surface area (TPSA) is 59.9 Å². The molecule has 3 aromatic rings. The van der Waals surface area contributed by atoms with Crippen molar-refractivity contribution in [2.24, 2.45) is 5.10 Å². The Morgan fingerprint density at radius 2 is 1.70 bits per heavy atom. The Morgan fingerprint density at radius 3 is 2.45 bits per heavy atom. The van der Waals surface area contributed by atoms with Crippen molar-refractivity contribution in [3.05, 3.63) is 94.0 Å². The minimum Gasteiger partial charge on any atom is -0.493 e. The number of carbonyl (C=O) groups excluding carboxylic acids is 1. The first kappa shape index (κ1) is 24.5. The van der Waals surface area contributed by atoms with Gasteiger partial charge in [0, 0.05) is 4.47 Å². The van der Waals surface area contributed by atoms with Gasteiger partial charge in [-0.2, -0.15) is 5.10 Å². The lowest BCUT2D eigenvalue weighted by Crippen LogP contribution is -2.18. The molecule has 5 nitrogen and oxygen atoms in total. The van der Waals surface area contributed by atoms with Gasteiger partial charge in [0.15, 0.2) is 0 Å². The van der Waals surface area contributed by atoms with Crippen LogP contribution in [0.15, 0.2) is 82.4 Å². The van der Waals surface area contributed by atoms with Crippen molar-refractivity contribution in [2.45, 2.75) is 39.2 Å². The zero-order chi connectivity index (χ0) is 23.3. The maximum Gasteiger partial charge on any atom is 0.275 e. The van der Waals surface area contributed by atoms with Crippen LogP contribution in [-0.4, -0.2) is 18.7 Å². The molecule has 172 valence electrons. The van der Waals surface area contributed by atoms with E-state index in [1.807, 2.05) is 66.7 Å². The van der Waals surface area contributed by atoms with Gasteiger partial charge in [0.05, 0.1) is 18.4 Å². The van der Waals surface area contributed by atoms with Gasteiger partial charge in [-0.3, -0.25) is 4.79 Å². The van der Waals surface area contributed by atoms with Crippen molar-refractivity contribution in [1.29, 1.82) is 0 Å². The van der Waals surface area contributed by atoms with Crippen LogP contribution >= 0.6 is 15.9 Å². The molecule has 0 saturated heterocycles. The highest BCUT2D eigenvalue weighted by atomic mass is 79.9. The summed E-state index contributed by atoms with van der Waals surface area (Å²) in [6, 6.07) is 22.8. The lowest BCUT2D eigenvalue weighted by atomic mass is 10.2. The van der Waals surface area contributed by atoms with Crippen LogP contribution < -0.4 is 14.9 Å². The van der Waals surface area contributed by atoms with E-state index in [1.54, 1.807) is 12.3 Å². The smallest absolute Gasteiger partial charge is 0.275 e. The Kier molecular flexibility index (Phi) is 9.98. The number of halogens is 1. The van der Waals surface area contributed by atoms with E-state index in [-0.39, 0.29) is 5.91 Å². The van der Waals surface area contributed by atoms with Crippen molar-refractivity contribution in [1.82, 2.24) is 5.43 Å². The summed E-state index contributed by atoms with van der Waals surface area (Å²) in [7, 11) is 0. The summed E-state index contributed by atoms with van der Waals surface area (Å²) >= 11 is 3.43. The van der Waals surface area contributed by atoms with Gasteiger partial charge in [-0.15, -0.1) is 0 Å². The average molecular weight is 509 g/mol. The number of unbranched alkanes of at least 4 members (excludes halogenated alkanes) is 3. The molecular formula is C27H29BrN2O3. The Balaban J connectivity index is 1.48. The third-order valence-electron chi connectivity index (χ3n) is 4.97. The number of benzene rings is 3. The van der Waals surface area contributed by atoms with Crippen LogP contribution in [0.4, 0.5) is 0 Å². The van der Waals surface area contributed by atoms with E-state index in [2.05, 4.69) is 33.4 Å². The molecule has 0 fully saturated rings. The summed E-state index contributed by atoms with van der Waals surface area (Å²) in [6.45, 7) is 3.27. The molecule has 6 heteroatoms. The fraction of sp³-hybridized carbons (Fsp3) is 0.259. The van der Waals surface area contributed by atoms with Gasteiger partial charge in [0.2, 0.25) is 0 Å². The predicted octanol–water partition coefficient (Wildman–Crippen LogP) is 6.75. The summed E-state index contributed by atoms with van der Waals surface area (Å²) in [5, 5.41) is 4.09. The number of hydrogen-bond donors (Lipinski definition) is 1. The first-order valence-corrected chi connectivity index (χ1v) is 12.0. The molecule has 0 aliphatic rings. The predicted molar refractivity (Wildman–Crippen MR) is 136 cm³/mol. The molecule has 3 aromatic carbocycles. The van der Waals surface area contributed by atoms with Gasteiger partial charge in [-0.1, -0.05) is 66.4 Å². The normalized spacial score (nSPS) is 10.8. The number of carbonyl (C=O) groups is 1. The van der Waals surface area contributed by atoms with Crippen LogP contribution in [0.25, 0.3) is 0 Å². The molecule has 3 rings (SSSR count). The Labute approximate surface area is 204 Å². The van der Waals surface area contributed by atoms with Crippen LogP contribution in [0.2, 0.25) is 0 Å². The maximum absolute atomic E-state index is 12.6. The molecule has 0 unspecified atom stereocenters. The number of hydrazone groups is 1. The van der Waals surface area contributed by atoms with Crippen LogP contribution in [-0.2, 0) is 6.61 Å². The SMILES string of the molecule is CCCCCCOc1ccccc1C(=O)N/N=C/c1ccc(OCc2ccc(Br)cc2)cc1. The number of amides is 1. The number of rotatable bonds is 12. The largest absolute Gasteiger partial charge is 0.493 e. The van der Waals surface area contributed by atoms with E-state index in [4.69, 9.17) is 9.47 Å². The van der Waals surface area contributed by atoms with Crippen molar-refractivity contribution >= 4 is 28.1 Å². The highest BCUT2D eigenvalue weighted by molar-refractivity contribution is 9.10. The molecule has 0 aromatic heterocycles. The van der Waals surface area contributed by atoms with E-state index in [0.29, 0.717) is 24.5 Å². The standard InChI is InChI=1S/C27H29BrN2O3/c1-2-3-4-7-18-32-26-9-6-5-8-25(26)27(31)30-29-19-21-12-16-24(17-13-21)33-20-22-10-14-23(28)15-11-22/h5-6,8-17,19H,2-4,7,18,20H2,1H3,(H,30,31)/b29-19+. The van der Waals surface area contributed by atoms with Gasteiger partial charge in [-0.25, -0.2) is 5.43 Å². The van der Waals surface area contributed by atoms with E-state index >= 15 is 0 Å². The highest BCUT2D eigenvalue weighted by Crippen LogP contribution is 2.19.